The summed E-state index contributed by atoms with van der Waals surface area (Å²) in [5.74, 6) is 0.0501. The summed E-state index contributed by atoms with van der Waals surface area (Å²) >= 11 is 0. The van der Waals surface area contributed by atoms with Gasteiger partial charge in [0.2, 0.25) is 0 Å². The Morgan fingerprint density at radius 3 is 2.04 bits per heavy atom. The second kappa shape index (κ2) is 6.55. The second-order valence-corrected chi connectivity index (χ2v) is 6.39. The lowest BCUT2D eigenvalue weighted by Crippen LogP contribution is -2.50. The van der Waals surface area contributed by atoms with Crippen LogP contribution in [0.4, 0.5) is 0 Å². The fourth-order valence-corrected chi connectivity index (χ4v) is 3.25. The highest BCUT2D eigenvalue weighted by Gasteiger charge is 2.26. The van der Waals surface area contributed by atoms with E-state index in [9.17, 15) is 14.7 Å². The molecule has 0 aliphatic carbocycles. The van der Waals surface area contributed by atoms with Crippen LogP contribution in [0.5, 0.6) is 5.75 Å². The first-order valence-electron chi connectivity index (χ1n) is 8.56. The first-order chi connectivity index (χ1) is 12.6. The molecule has 6 nitrogen and oxygen atoms in total. The predicted molar refractivity (Wildman–Crippen MR) is 97.3 cm³/mol. The SMILES string of the molecule is O=C(c1ccc(O)cc1)N1CCN(C(=O)c2cc3ccccn3c2)CC1. The Balaban J connectivity index is 1.42. The van der Waals surface area contributed by atoms with Crippen molar-refractivity contribution in [1.82, 2.24) is 14.2 Å². The summed E-state index contributed by atoms with van der Waals surface area (Å²) in [7, 11) is 0. The zero-order chi connectivity index (χ0) is 18.1. The number of carbonyl (C=O) groups excluding carboxylic acids is 2. The first kappa shape index (κ1) is 16.2. The number of hydrogen-bond donors (Lipinski definition) is 1. The maximum Gasteiger partial charge on any atom is 0.255 e. The smallest absolute Gasteiger partial charge is 0.255 e. The molecule has 4 rings (SSSR count). The average molecular weight is 349 g/mol. The molecule has 1 aliphatic rings. The second-order valence-electron chi connectivity index (χ2n) is 6.39. The third kappa shape index (κ3) is 3.01. The van der Waals surface area contributed by atoms with Gasteiger partial charge in [-0.3, -0.25) is 9.59 Å². The molecule has 1 aliphatic heterocycles. The van der Waals surface area contributed by atoms with Gasteiger partial charge in [0.25, 0.3) is 11.8 Å². The van der Waals surface area contributed by atoms with Crippen LogP contribution in [0.1, 0.15) is 20.7 Å². The van der Waals surface area contributed by atoms with E-state index in [0.717, 1.165) is 5.52 Å². The summed E-state index contributed by atoms with van der Waals surface area (Å²) in [6, 6.07) is 14.0. The summed E-state index contributed by atoms with van der Waals surface area (Å²) < 4.78 is 1.93. The van der Waals surface area contributed by atoms with Crippen molar-refractivity contribution < 1.29 is 14.7 Å². The monoisotopic (exact) mass is 349 g/mol. The van der Waals surface area contributed by atoms with Crippen molar-refractivity contribution >= 4 is 17.3 Å². The average Bonchev–Trinajstić information content (AvgIpc) is 3.12. The van der Waals surface area contributed by atoms with Crippen LogP contribution >= 0.6 is 0 Å². The van der Waals surface area contributed by atoms with Gasteiger partial charge < -0.3 is 19.3 Å². The summed E-state index contributed by atoms with van der Waals surface area (Å²) in [5.41, 5.74) is 2.19. The Labute approximate surface area is 150 Å². The Bertz CT molecular complexity index is 921. The van der Waals surface area contributed by atoms with Crippen LogP contribution in [0.25, 0.3) is 5.52 Å². The van der Waals surface area contributed by atoms with E-state index >= 15 is 0 Å². The maximum atomic E-state index is 12.7. The first-order valence-corrected chi connectivity index (χ1v) is 8.56. The van der Waals surface area contributed by atoms with Crippen LogP contribution in [0.2, 0.25) is 0 Å². The number of rotatable bonds is 2. The van der Waals surface area contributed by atoms with Gasteiger partial charge >= 0.3 is 0 Å². The van der Waals surface area contributed by atoms with Crippen molar-refractivity contribution in [2.75, 3.05) is 26.2 Å². The molecule has 0 radical (unpaired) electrons. The maximum absolute atomic E-state index is 12.7. The van der Waals surface area contributed by atoms with Crippen LogP contribution in [-0.2, 0) is 0 Å². The van der Waals surface area contributed by atoms with Gasteiger partial charge in [-0.05, 0) is 42.5 Å². The Morgan fingerprint density at radius 1 is 0.808 bits per heavy atom. The van der Waals surface area contributed by atoms with E-state index < -0.39 is 0 Å². The summed E-state index contributed by atoms with van der Waals surface area (Å²) in [6.07, 6.45) is 3.76. The molecule has 3 aromatic rings. The Kier molecular flexibility index (Phi) is 4.08. The summed E-state index contributed by atoms with van der Waals surface area (Å²) in [4.78, 5) is 28.8. The van der Waals surface area contributed by atoms with Gasteiger partial charge in [-0.15, -0.1) is 0 Å². The lowest BCUT2D eigenvalue weighted by molar-refractivity contribution is 0.0535. The molecule has 3 heterocycles. The molecule has 0 unspecified atom stereocenters. The molecule has 26 heavy (non-hydrogen) atoms. The van der Waals surface area contributed by atoms with Gasteiger partial charge in [0.15, 0.2) is 0 Å². The number of fused-ring (bicyclic) bond motifs is 1. The molecule has 2 amide bonds. The number of benzene rings is 1. The molecule has 0 saturated carbocycles. The molecule has 2 aromatic heterocycles. The van der Waals surface area contributed by atoms with Crippen molar-refractivity contribution in [1.29, 1.82) is 0 Å². The highest BCUT2D eigenvalue weighted by atomic mass is 16.3. The van der Waals surface area contributed by atoms with E-state index in [1.54, 1.807) is 21.9 Å². The van der Waals surface area contributed by atoms with Gasteiger partial charge in [-0.1, -0.05) is 6.07 Å². The molecule has 132 valence electrons. The number of amides is 2. The molecular formula is C20H19N3O3. The normalized spacial score (nSPS) is 14.6. The fraction of sp³-hybridized carbons (Fsp3) is 0.200. The molecule has 1 saturated heterocycles. The number of aromatic hydroxyl groups is 1. The van der Waals surface area contributed by atoms with Crippen LogP contribution in [-0.4, -0.2) is 57.3 Å². The molecule has 1 N–H and O–H groups in total. The minimum absolute atomic E-state index is 0.00886. The molecule has 0 bridgehead atoms. The zero-order valence-electron chi connectivity index (χ0n) is 14.2. The number of carbonyl (C=O) groups is 2. The van der Waals surface area contributed by atoms with Gasteiger partial charge in [0.05, 0.1) is 5.56 Å². The van der Waals surface area contributed by atoms with Crippen molar-refractivity contribution in [2.45, 2.75) is 0 Å². The number of phenols is 1. The quantitative estimate of drug-likeness (QED) is 0.772. The van der Waals surface area contributed by atoms with E-state index in [2.05, 4.69) is 0 Å². The van der Waals surface area contributed by atoms with E-state index in [0.29, 0.717) is 37.3 Å². The number of phenolic OH excluding ortho intramolecular Hbond substituents is 1. The third-order valence-corrected chi connectivity index (χ3v) is 4.72. The van der Waals surface area contributed by atoms with Crippen LogP contribution < -0.4 is 0 Å². The minimum atomic E-state index is -0.0771. The highest BCUT2D eigenvalue weighted by Crippen LogP contribution is 2.16. The van der Waals surface area contributed by atoms with Crippen molar-refractivity contribution in [3.05, 3.63) is 72.1 Å². The van der Waals surface area contributed by atoms with E-state index in [-0.39, 0.29) is 17.6 Å². The number of pyridine rings is 1. The molecule has 0 atom stereocenters. The lowest BCUT2D eigenvalue weighted by Gasteiger charge is -2.34. The van der Waals surface area contributed by atoms with E-state index in [1.165, 1.54) is 12.1 Å². The Morgan fingerprint density at radius 2 is 1.42 bits per heavy atom. The van der Waals surface area contributed by atoms with Crippen molar-refractivity contribution in [3.63, 3.8) is 0 Å². The largest absolute Gasteiger partial charge is 0.508 e. The lowest BCUT2D eigenvalue weighted by atomic mass is 10.1. The molecule has 1 fully saturated rings. The number of piperazine rings is 1. The molecule has 6 heteroatoms. The van der Waals surface area contributed by atoms with Gasteiger partial charge in [-0.25, -0.2) is 0 Å². The summed E-state index contributed by atoms with van der Waals surface area (Å²) in [5, 5.41) is 9.33. The zero-order valence-corrected chi connectivity index (χ0v) is 14.2. The number of nitrogens with zero attached hydrogens (tertiary/aromatic N) is 3. The van der Waals surface area contributed by atoms with Crippen molar-refractivity contribution in [3.8, 4) is 5.75 Å². The van der Waals surface area contributed by atoms with Crippen LogP contribution in [0.15, 0.2) is 60.9 Å². The van der Waals surface area contributed by atoms with E-state index in [4.69, 9.17) is 0 Å². The molecule has 1 aromatic carbocycles. The van der Waals surface area contributed by atoms with Crippen LogP contribution in [0, 0.1) is 0 Å². The van der Waals surface area contributed by atoms with Gasteiger partial charge in [0, 0.05) is 49.7 Å². The number of aromatic nitrogens is 1. The number of hydrogen-bond acceptors (Lipinski definition) is 3. The third-order valence-electron chi connectivity index (χ3n) is 4.72. The van der Waals surface area contributed by atoms with E-state index in [1.807, 2.05) is 41.1 Å². The van der Waals surface area contributed by atoms with Gasteiger partial charge in [-0.2, -0.15) is 0 Å². The molecular weight excluding hydrogens is 330 g/mol. The standard InChI is InChI=1S/C20H19N3O3/c24-18-6-4-15(5-7-18)19(25)21-9-11-22(12-10-21)20(26)16-13-17-3-1-2-8-23(17)14-16/h1-8,13-14,24H,9-12H2. The highest BCUT2D eigenvalue weighted by molar-refractivity contribution is 5.96. The minimum Gasteiger partial charge on any atom is -0.508 e. The molecule has 0 spiro atoms. The van der Waals surface area contributed by atoms with Crippen LogP contribution in [0.3, 0.4) is 0 Å². The summed E-state index contributed by atoms with van der Waals surface area (Å²) in [6.45, 7) is 2.02. The fourth-order valence-electron chi connectivity index (χ4n) is 3.25. The Hall–Kier alpha value is -3.28. The van der Waals surface area contributed by atoms with Crippen molar-refractivity contribution in [2.24, 2.45) is 0 Å². The predicted octanol–water partition coefficient (Wildman–Crippen LogP) is 2.24. The van der Waals surface area contributed by atoms with Gasteiger partial charge in [0.1, 0.15) is 5.75 Å². The topological polar surface area (TPSA) is 65.3 Å².